The zero-order valence-electron chi connectivity index (χ0n) is 10.5. The molecule has 1 aliphatic heterocycles. The second-order valence-corrected chi connectivity index (χ2v) is 4.87. The highest BCUT2D eigenvalue weighted by Gasteiger charge is 2.32. The SMILES string of the molecule is Cc1ccc2c(c1)CC(C)OB2OC(C)C. The van der Waals surface area contributed by atoms with E-state index >= 15 is 0 Å². The van der Waals surface area contributed by atoms with Crippen molar-refractivity contribution in [2.45, 2.75) is 46.3 Å². The highest BCUT2D eigenvalue weighted by Crippen LogP contribution is 2.16. The van der Waals surface area contributed by atoms with E-state index < -0.39 is 0 Å². The van der Waals surface area contributed by atoms with Crippen molar-refractivity contribution in [2.75, 3.05) is 0 Å². The van der Waals surface area contributed by atoms with Gasteiger partial charge in [0.1, 0.15) is 0 Å². The van der Waals surface area contributed by atoms with Gasteiger partial charge in [-0.05, 0) is 45.1 Å². The van der Waals surface area contributed by atoms with Crippen LogP contribution in [0.15, 0.2) is 18.2 Å². The zero-order chi connectivity index (χ0) is 11.7. The van der Waals surface area contributed by atoms with Crippen molar-refractivity contribution < 1.29 is 9.31 Å². The molecule has 0 bridgehead atoms. The molecule has 0 aliphatic carbocycles. The van der Waals surface area contributed by atoms with Crippen molar-refractivity contribution in [3.8, 4) is 0 Å². The number of fused-ring (bicyclic) bond motifs is 1. The van der Waals surface area contributed by atoms with Crippen LogP contribution in [0.4, 0.5) is 0 Å². The molecule has 0 fully saturated rings. The van der Waals surface area contributed by atoms with Crippen molar-refractivity contribution in [3.05, 3.63) is 29.3 Å². The van der Waals surface area contributed by atoms with Gasteiger partial charge in [-0.2, -0.15) is 0 Å². The van der Waals surface area contributed by atoms with Gasteiger partial charge in [-0.25, -0.2) is 0 Å². The van der Waals surface area contributed by atoms with Crippen LogP contribution in [0, 0.1) is 6.92 Å². The molecule has 1 aromatic carbocycles. The van der Waals surface area contributed by atoms with Crippen molar-refractivity contribution in [1.82, 2.24) is 0 Å². The summed E-state index contributed by atoms with van der Waals surface area (Å²) in [6.45, 7) is 8.30. The van der Waals surface area contributed by atoms with Crippen LogP contribution in [0.25, 0.3) is 0 Å². The smallest absolute Gasteiger partial charge is 0.405 e. The molecule has 1 heterocycles. The normalized spacial score (nSPS) is 20.1. The minimum absolute atomic E-state index is 0.185. The Morgan fingerprint density at radius 1 is 1.44 bits per heavy atom. The fourth-order valence-electron chi connectivity index (χ4n) is 2.14. The number of hydrogen-bond donors (Lipinski definition) is 0. The standard InChI is InChI=1S/C13H19BO2/c1-9(2)15-14-13-6-5-10(3)7-12(13)8-11(4)16-14/h5-7,9,11H,8H2,1-4H3. The molecule has 2 nitrogen and oxygen atoms in total. The lowest BCUT2D eigenvalue weighted by atomic mass is 9.71. The first-order valence-corrected chi connectivity index (χ1v) is 5.96. The third kappa shape index (κ3) is 2.47. The molecule has 1 atom stereocenters. The van der Waals surface area contributed by atoms with Gasteiger partial charge in [0.05, 0.1) is 0 Å². The Labute approximate surface area is 98.1 Å². The summed E-state index contributed by atoms with van der Waals surface area (Å²) in [5.41, 5.74) is 3.86. The first kappa shape index (κ1) is 11.7. The third-order valence-corrected chi connectivity index (χ3v) is 2.81. The molecule has 0 saturated carbocycles. The second kappa shape index (κ2) is 4.60. The van der Waals surface area contributed by atoms with Crippen LogP contribution in [0.1, 0.15) is 31.9 Å². The summed E-state index contributed by atoms with van der Waals surface area (Å²) in [5, 5.41) is 0. The molecule has 0 N–H and O–H groups in total. The lowest BCUT2D eigenvalue weighted by Gasteiger charge is -2.29. The quantitative estimate of drug-likeness (QED) is 0.707. The first-order chi connectivity index (χ1) is 7.56. The summed E-state index contributed by atoms with van der Waals surface area (Å²) < 4.78 is 11.6. The lowest BCUT2D eigenvalue weighted by molar-refractivity contribution is 0.125. The second-order valence-electron chi connectivity index (χ2n) is 4.87. The first-order valence-electron chi connectivity index (χ1n) is 5.96. The maximum atomic E-state index is 5.84. The van der Waals surface area contributed by atoms with Crippen molar-refractivity contribution >= 4 is 12.6 Å². The Hall–Kier alpha value is -0.795. The van der Waals surface area contributed by atoms with Crippen LogP contribution in [-0.4, -0.2) is 19.3 Å². The summed E-state index contributed by atoms with van der Waals surface area (Å²) in [6.07, 6.45) is 1.40. The summed E-state index contributed by atoms with van der Waals surface area (Å²) >= 11 is 0. The van der Waals surface area contributed by atoms with Crippen LogP contribution >= 0.6 is 0 Å². The molecule has 0 aromatic heterocycles. The van der Waals surface area contributed by atoms with E-state index in [2.05, 4.69) is 32.0 Å². The minimum atomic E-state index is -0.195. The van der Waals surface area contributed by atoms with Crippen LogP contribution in [0.3, 0.4) is 0 Å². The zero-order valence-corrected chi connectivity index (χ0v) is 10.5. The summed E-state index contributed by atoms with van der Waals surface area (Å²) in [6, 6.07) is 6.49. The summed E-state index contributed by atoms with van der Waals surface area (Å²) in [7, 11) is -0.195. The molecule has 1 unspecified atom stereocenters. The van der Waals surface area contributed by atoms with Gasteiger partial charge in [0.2, 0.25) is 0 Å². The van der Waals surface area contributed by atoms with Gasteiger partial charge in [-0.1, -0.05) is 23.8 Å². The van der Waals surface area contributed by atoms with E-state index in [4.69, 9.17) is 9.31 Å². The van der Waals surface area contributed by atoms with Crippen LogP contribution in [0.5, 0.6) is 0 Å². The fourth-order valence-corrected chi connectivity index (χ4v) is 2.14. The Bertz CT molecular complexity index is 376. The van der Waals surface area contributed by atoms with Gasteiger partial charge in [0, 0.05) is 12.2 Å². The Morgan fingerprint density at radius 2 is 2.19 bits per heavy atom. The van der Waals surface area contributed by atoms with Crippen LogP contribution in [-0.2, 0) is 15.7 Å². The third-order valence-electron chi connectivity index (χ3n) is 2.81. The van der Waals surface area contributed by atoms with E-state index in [-0.39, 0.29) is 19.3 Å². The molecule has 1 aromatic rings. The van der Waals surface area contributed by atoms with Gasteiger partial charge in [-0.3, -0.25) is 0 Å². The van der Waals surface area contributed by atoms with E-state index in [0.29, 0.717) is 0 Å². The Kier molecular flexibility index (Phi) is 3.36. The number of benzene rings is 1. The van der Waals surface area contributed by atoms with E-state index in [0.717, 1.165) is 6.42 Å². The minimum Gasteiger partial charge on any atom is -0.405 e. The maximum absolute atomic E-state index is 5.84. The van der Waals surface area contributed by atoms with Crippen LogP contribution in [0.2, 0.25) is 0 Å². The van der Waals surface area contributed by atoms with Crippen LogP contribution < -0.4 is 5.46 Å². The largest absolute Gasteiger partial charge is 0.494 e. The Morgan fingerprint density at radius 3 is 2.88 bits per heavy atom. The number of hydrogen-bond acceptors (Lipinski definition) is 2. The molecule has 0 saturated heterocycles. The molecule has 86 valence electrons. The van der Waals surface area contributed by atoms with Crippen molar-refractivity contribution in [1.29, 1.82) is 0 Å². The maximum Gasteiger partial charge on any atom is 0.494 e. The van der Waals surface area contributed by atoms with E-state index in [1.807, 2.05) is 13.8 Å². The van der Waals surface area contributed by atoms with Gasteiger partial charge in [0.15, 0.2) is 0 Å². The fraction of sp³-hybridized carbons (Fsp3) is 0.538. The average Bonchev–Trinajstić information content (AvgIpc) is 2.15. The Balaban J connectivity index is 2.30. The summed E-state index contributed by atoms with van der Waals surface area (Å²) in [5.74, 6) is 0. The van der Waals surface area contributed by atoms with Crippen molar-refractivity contribution in [2.24, 2.45) is 0 Å². The van der Waals surface area contributed by atoms with Gasteiger partial charge in [0.25, 0.3) is 0 Å². The van der Waals surface area contributed by atoms with E-state index in [1.54, 1.807) is 0 Å². The average molecular weight is 218 g/mol. The lowest BCUT2D eigenvalue weighted by Crippen LogP contribution is -2.47. The monoisotopic (exact) mass is 218 g/mol. The van der Waals surface area contributed by atoms with E-state index in [9.17, 15) is 0 Å². The molecule has 16 heavy (non-hydrogen) atoms. The predicted molar refractivity (Wildman–Crippen MR) is 67.0 cm³/mol. The number of aryl methyl sites for hydroxylation is 1. The van der Waals surface area contributed by atoms with Gasteiger partial charge < -0.3 is 9.31 Å². The van der Waals surface area contributed by atoms with E-state index in [1.165, 1.54) is 16.6 Å². The van der Waals surface area contributed by atoms with Crippen molar-refractivity contribution in [3.63, 3.8) is 0 Å². The number of rotatable bonds is 2. The van der Waals surface area contributed by atoms with Gasteiger partial charge in [-0.15, -0.1) is 0 Å². The van der Waals surface area contributed by atoms with Gasteiger partial charge >= 0.3 is 7.12 Å². The highest BCUT2D eigenvalue weighted by molar-refractivity contribution is 6.62. The topological polar surface area (TPSA) is 18.5 Å². The molecule has 0 amide bonds. The molecule has 2 rings (SSSR count). The molecule has 0 radical (unpaired) electrons. The predicted octanol–water partition coefficient (Wildman–Crippen LogP) is 2.08. The summed E-state index contributed by atoms with van der Waals surface area (Å²) in [4.78, 5) is 0. The highest BCUT2D eigenvalue weighted by atomic mass is 16.6. The molecular weight excluding hydrogens is 199 g/mol. The molecule has 1 aliphatic rings. The molecule has 0 spiro atoms. The molecular formula is C13H19BO2. The molecule has 3 heteroatoms.